The number of aliphatic hydroxyl groups excluding tert-OH is 4. The SMILES string of the molecule is CC[C@H](C)[C@@H]1NC(=O)[C@@H](CCCNC(=N)N)NC(=O)[C@H](CC(C)C)NC(=O)[C@H]([C@H](O)C(C)C)NC(=O)[C@@H](NC(=O)[C@](C)(CC(C)C)NC(=O)[C@H](N)Cc2ccccc2)[C@@H](c2ccccc2)OC(=O)[C@H](CO)NC(=O)[C@H]([C@H](O)C(N)=O)NC(=O)CNC(=O)[C@H]([C@H](C)O)NC1=O. The zero-order chi connectivity index (χ0) is 70.9. The molecular weight excluding hydrogens is 1230 g/mol. The highest BCUT2D eigenvalue weighted by Gasteiger charge is 2.46. The maximum Gasteiger partial charge on any atom is 0.331 e. The molecular formula is C62H97N15O17. The zero-order valence-electron chi connectivity index (χ0n) is 54.8. The van der Waals surface area contributed by atoms with Crippen molar-refractivity contribution in [3.63, 3.8) is 0 Å². The monoisotopic (exact) mass is 1320 g/mol. The summed E-state index contributed by atoms with van der Waals surface area (Å²) in [6, 6.07) is -0.837. The van der Waals surface area contributed by atoms with E-state index >= 15 is 9.59 Å². The Morgan fingerprint density at radius 1 is 0.681 bits per heavy atom. The molecule has 0 aliphatic carbocycles. The highest BCUT2D eigenvalue weighted by molar-refractivity contribution is 6.01. The maximum atomic E-state index is 15.5. The molecule has 1 heterocycles. The third kappa shape index (κ3) is 24.6. The minimum absolute atomic E-state index is 0.00991. The second-order valence-electron chi connectivity index (χ2n) is 24.8. The van der Waals surface area contributed by atoms with Gasteiger partial charge in [-0.1, -0.05) is 122 Å². The highest BCUT2D eigenvalue weighted by Crippen LogP contribution is 2.26. The van der Waals surface area contributed by atoms with Gasteiger partial charge in [-0.3, -0.25) is 58.1 Å². The van der Waals surface area contributed by atoms with E-state index in [4.69, 9.17) is 27.3 Å². The quantitative estimate of drug-likeness (QED) is 0.0215. The number of hydrogen-bond acceptors (Lipinski definition) is 19. The first kappa shape index (κ1) is 79.4. The molecule has 94 heavy (non-hydrogen) atoms. The van der Waals surface area contributed by atoms with Crippen LogP contribution in [-0.2, 0) is 68.7 Å². The van der Waals surface area contributed by atoms with Gasteiger partial charge in [0, 0.05) is 6.54 Å². The minimum Gasteiger partial charge on any atom is -0.453 e. The predicted molar refractivity (Wildman–Crippen MR) is 341 cm³/mol. The Hall–Kier alpha value is -8.85. The number of carbonyl (C=O) groups is 12. The van der Waals surface area contributed by atoms with Gasteiger partial charge in [-0.2, -0.15) is 0 Å². The molecule has 1 aliphatic rings. The fourth-order valence-electron chi connectivity index (χ4n) is 10.1. The summed E-state index contributed by atoms with van der Waals surface area (Å²) in [5, 5.41) is 78.7. The number of aliphatic hydroxyl groups is 4. The number of rotatable bonds is 23. The van der Waals surface area contributed by atoms with Crippen LogP contribution in [0.15, 0.2) is 60.7 Å². The lowest BCUT2D eigenvalue weighted by molar-refractivity contribution is -0.159. The molecule has 1 aliphatic heterocycles. The van der Waals surface area contributed by atoms with Crippen LogP contribution in [0.25, 0.3) is 0 Å². The molecule has 3 rings (SSSR count). The lowest BCUT2D eigenvalue weighted by atomic mass is 9.88. The van der Waals surface area contributed by atoms with Gasteiger partial charge in [0.25, 0.3) is 0 Å². The van der Waals surface area contributed by atoms with Gasteiger partial charge in [0.1, 0.15) is 47.8 Å². The average Bonchev–Trinajstić information content (AvgIpc) is 0.823. The van der Waals surface area contributed by atoms with E-state index in [9.17, 15) is 68.4 Å². The van der Waals surface area contributed by atoms with Crippen LogP contribution in [-0.4, -0.2) is 195 Å². The fourth-order valence-corrected chi connectivity index (χ4v) is 10.1. The minimum atomic E-state index is -2.58. The van der Waals surface area contributed by atoms with E-state index in [2.05, 4.69) is 47.9 Å². The van der Waals surface area contributed by atoms with Gasteiger partial charge >= 0.3 is 5.97 Å². The first-order chi connectivity index (χ1) is 44.0. The van der Waals surface area contributed by atoms with Crippen molar-refractivity contribution in [3.05, 3.63) is 71.8 Å². The first-order valence-electron chi connectivity index (χ1n) is 31.1. The average molecular weight is 1320 g/mol. The molecule has 1 fully saturated rings. The first-order valence-corrected chi connectivity index (χ1v) is 31.1. The van der Waals surface area contributed by atoms with Gasteiger partial charge in [-0.05, 0) is 80.8 Å². The molecule has 32 heteroatoms. The molecule has 0 saturated carbocycles. The molecule has 0 radical (unpaired) electrons. The molecule has 22 N–H and O–H groups in total. The predicted octanol–water partition coefficient (Wildman–Crippen LogP) is -4.64. The fraction of sp³-hybridized carbons (Fsp3) is 0.597. The summed E-state index contributed by atoms with van der Waals surface area (Å²) < 4.78 is 5.98. The van der Waals surface area contributed by atoms with Gasteiger partial charge in [0.15, 0.2) is 24.2 Å². The van der Waals surface area contributed by atoms with Crippen LogP contribution >= 0.6 is 0 Å². The van der Waals surface area contributed by atoms with E-state index in [-0.39, 0.29) is 56.6 Å². The van der Waals surface area contributed by atoms with Gasteiger partial charge < -0.3 is 101 Å². The summed E-state index contributed by atoms with van der Waals surface area (Å²) in [7, 11) is 0. The van der Waals surface area contributed by atoms with E-state index in [1.807, 2.05) is 10.6 Å². The number of hydrogen-bond donors (Lipinski definition) is 19. The van der Waals surface area contributed by atoms with Gasteiger partial charge in [-0.25, -0.2) is 4.79 Å². The number of amides is 11. The molecule has 2 aromatic rings. The van der Waals surface area contributed by atoms with Crippen LogP contribution in [0.5, 0.6) is 0 Å². The van der Waals surface area contributed by atoms with Crippen molar-refractivity contribution in [3.8, 4) is 0 Å². The van der Waals surface area contributed by atoms with E-state index in [1.165, 1.54) is 51.1 Å². The summed E-state index contributed by atoms with van der Waals surface area (Å²) in [4.78, 5) is 172. The third-order valence-electron chi connectivity index (χ3n) is 15.4. The third-order valence-corrected chi connectivity index (χ3v) is 15.4. The maximum absolute atomic E-state index is 15.5. The molecule has 11 amide bonds. The largest absolute Gasteiger partial charge is 0.453 e. The number of benzene rings is 2. The van der Waals surface area contributed by atoms with Crippen LogP contribution in [0.1, 0.15) is 119 Å². The van der Waals surface area contributed by atoms with Crippen molar-refractivity contribution in [2.45, 2.75) is 192 Å². The van der Waals surface area contributed by atoms with Crippen molar-refractivity contribution >= 4 is 76.9 Å². The summed E-state index contributed by atoms with van der Waals surface area (Å²) >= 11 is 0. The summed E-state index contributed by atoms with van der Waals surface area (Å²) in [6.07, 6.45) is -8.35. The van der Waals surface area contributed by atoms with Crippen molar-refractivity contribution in [1.29, 1.82) is 5.41 Å². The lowest BCUT2D eigenvalue weighted by Crippen LogP contribution is -2.66. The lowest BCUT2D eigenvalue weighted by Gasteiger charge is -2.36. The standard InChI is InChI=1S/C62H97N15O17/c1-11-33(8)42-55(88)74-43(34(9)79)54(87)68-28-41(80)72-45(48(82)50(64)83)57(90)71-40(29-78)59(92)94-49(36-21-16-13-17-22-36)46(76-60(93)62(10,27-31(4)5)77-51(84)37(63)26-35-19-14-12-15-20-35)58(91)75-44(47(81)32(6)7)56(89)70-39(25-30(2)3)53(86)69-38(52(85)73-42)23-18-24-67-61(65)66/h12-17,19-22,30-34,37-40,42-49,78-79,81-82H,11,18,23-29,63H2,1-10H3,(H2,64,83)(H,68,87)(H,69,86)(H,70,89)(H,71,90)(H,72,80)(H,73,85)(H,74,88)(H,75,91)(H,76,93)(H,77,84)(H4,65,66,67)/t33-,34-,37+,38+,39-,40-,42-,43-,44-,45-,46-,47+,48-,49+,62-/m0/s1. The Kier molecular flexibility index (Phi) is 31.9. The smallest absolute Gasteiger partial charge is 0.331 e. The Balaban J connectivity index is 2.43. The number of nitrogens with one attached hydrogen (secondary N) is 12. The number of primary amides is 1. The topological polar surface area (TPSA) is 529 Å². The van der Waals surface area contributed by atoms with Crippen LogP contribution in [0.4, 0.5) is 0 Å². The van der Waals surface area contributed by atoms with Gasteiger partial charge in [0.05, 0.1) is 31.4 Å². The van der Waals surface area contributed by atoms with Crippen LogP contribution in [0.2, 0.25) is 0 Å². The number of ether oxygens (including phenoxy) is 1. The van der Waals surface area contributed by atoms with Gasteiger partial charge in [0.2, 0.25) is 65.0 Å². The van der Waals surface area contributed by atoms with Crippen molar-refractivity contribution in [2.24, 2.45) is 40.9 Å². The van der Waals surface area contributed by atoms with E-state index < -0.39 is 192 Å². The van der Waals surface area contributed by atoms with E-state index in [0.29, 0.717) is 5.56 Å². The second-order valence-corrected chi connectivity index (χ2v) is 24.8. The van der Waals surface area contributed by atoms with Crippen LogP contribution in [0.3, 0.4) is 0 Å². The highest BCUT2D eigenvalue weighted by atomic mass is 16.5. The van der Waals surface area contributed by atoms with Crippen LogP contribution in [0, 0.1) is 29.1 Å². The van der Waals surface area contributed by atoms with Gasteiger partial charge in [-0.15, -0.1) is 0 Å². The molecule has 522 valence electrons. The normalized spacial score (nSPS) is 24.4. The molecule has 0 spiro atoms. The number of carbonyl (C=O) groups excluding carboxylic acids is 12. The molecule has 0 unspecified atom stereocenters. The van der Waals surface area contributed by atoms with Crippen molar-refractivity contribution in [2.75, 3.05) is 19.7 Å². The molecule has 2 aromatic carbocycles. The van der Waals surface area contributed by atoms with E-state index in [1.54, 1.807) is 71.9 Å². The molecule has 1 saturated heterocycles. The number of guanidine groups is 1. The summed E-state index contributed by atoms with van der Waals surface area (Å²) in [5.41, 5.74) is 15.9. The van der Waals surface area contributed by atoms with Crippen molar-refractivity contribution in [1.82, 2.24) is 58.5 Å². The second kappa shape index (κ2) is 37.7. The Bertz CT molecular complexity index is 2940. The Morgan fingerprint density at radius 2 is 1.22 bits per heavy atom. The Labute approximate surface area is 546 Å². The Morgan fingerprint density at radius 3 is 1.77 bits per heavy atom. The van der Waals surface area contributed by atoms with E-state index in [0.717, 1.165) is 6.92 Å². The number of cyclic esters (lactones) is 1. The summed E-state index contributed by atoms with van der Waals surface area (Å²) in [5.74, 6) is -17.5. The molecule has 15 atom stereocenters. The van der Waals surface area contributed by atoms with Crippen molar-refractivity contribution < 1.29 is 82.7 Å². The molecule has 32 nitrogen and oxygen atoms in total. The summed E-state index contributed by atoms with van der Waals surface area (Å²) in [6.45, 7) is 13.1. The molecule has 0 aromatic heterocycles. The van der Waals surface area contributed by atoms with Crippen LogP contribution < -0.4 is 75.7 Å². The molecule has 0 bridgehead atoms. The number of nitrogens with two attached hydrogens (primary N) is 3. The zero-order valence-corrected chi connectivity index (χ0v) is 54.8. The number of esters is 1.